The van der Waals surface area contributed by atoms with E-state index in [0.29, 0.717) is 6.42 Å². The number of hydrogen-bond acceptors (Lipinski definition) is 2. The molecule has 1 fully saturated rings. The van der Waals surface area contributed by atoms with Crippen molar-refractivity contribution in [3.8, 4) is 0 Å². The molecule has 0 aromatic carbocycles. The molecule has 2 N–H and O–H groups in total. The fourth-order valence-electron chi connectivity index (χ4n) is 2.36. The second-order valence-electron chi connectivity index (χ2n) is 4.74. The maximum atomic E-state index is 12.5. The first kappa shape index (κ1) is 13.8. The number of rotatable bonds is 5. The highest BCUT2D eigenvalue weighted by atomic mass is 19.4. The highest BCUT2D eigenvalue weighted by molar-refractivity contribution is 4.94. The SMILES string of the molecule is CNCCCCC1CCC(O)(C(F)(F)F)C1. The van der Waals surface area contributed by atoms with Gasteiger partial charge < -0.3 is 10.4 Å². The number of unbranched alkanes of at least 4 members (excludes halogenated alkanes) is 1. The monoisotopic (exact) mass is 239 g/mol. The largest absolute Gasteiger partial charge is 0.417 e. The molecule has 5 heteroatoms. The first-order valence-corrected chi connectivity index (χ1v) is 5.83. The van der Waals surface area contributed by atoms with Gasteiger partial charge in [0.1, 0.15) is 0 Å². The van der Waals surface area contributed by atoms with E-state index in [1.54, 1.807) is 0 Å². The first-order valence-electron chi connectivity index (χ1n) is 5.83. The van der Waals surface area contributed by atoms with Gasteiger partial charge in [0.25, 0.3) is 0 Å². The minimum atomic E-state index is -4.47. The smallest absolute Gasteiger partial charge is 0.380 e. The molecule has 1 aliphatic rings. The van der Waals surface area contributed by atoms with Crippen LogP contribution in [-0.4, -0.2) is 30.5 Å². The van der Waals surface area contributed by atoms with Crippen molar-refractivity contribution in [2.45, 2.75) is 50.3 Å². The number of aliphatic hydroxyl groups is 1. The molecule has 0 aromatic heterocycles. The van der Waals surface area contributed by atoms with Crippen LogP contribution in [0.5, 0.6) is 0 Å². The molecule has 0 heterocycles. The lowest BCUT2D eigenvalue weighted by atomic mass is 9.96. The van der Waals surface area contributed by atoms with Crippen molar-refractivity contribution >= 4 is 0 Å². The fourth-order valence-corrected chi connectivity index (χ4v) is 2.36. The van der Waals surface area contributed by atoms with Gasteiger partial charge >= 0.3 is 6.18 Å². The minimum absolute atomic E-state index is 0.0310. The summed E-state index contributed by atoms with van der Waals surface area (Å²) in [4.78, 5) is 0. The predicted octanol–water partition coefficient (Wildman–Crippen LogP) is 2.47. The van der Waals surface area contributed by atoms with Crippen molar-refractivity contribution < 1.29 is 18.3 Å². The van der Waals surface area contributed by atoms with Crippen LogP contribution in [0.4, 0.5) is 13.2 Å². The minimum Gasteiger partial charge on any atom is -0.380 e. The Morgan fingerprint density at radius 1 is 1.38 bits per heavy atom. The van der Waals surface area contributed by atoms with Crippen molar-refractivity contribution in [3.63, 3.8) is 0 Å². The highest BCUT2D eigenvalue weighted by Gasteiger charge is 2.56. The van der Waals surface area contributed by atoms with E-state index in [9.17, 15) is 18.3 Å². The molecule has 0 spiro atoms. The Labute approximate surface area is 94.2 Å². The summed E-state index contributed by atoms with van der Waals surface area (Å²) < 4.78 is 37.5. The average Bonchev–Trinajstić information content (AvgIpc) is 2.56. The molecule has 0 aromatic rings. The Balaban J connectivity index is 2.30. The summed E-state index contributed by atoms with van der Waals surface area (Å²) in [5.74, 6) is 0.0310. The van der Waals surface area contributed by atoms with Gasteiger partial charge in [-0.25, -0.2) is 0 Å². The lowest BCUT2D eigenvalue weighted by Gasteiger charge is -2.25. The summed E-state index contributed by atoms with van der Waals surface area (Å²) in [5.41, 5.74) is -2.42. The summed E-state index contributed by atoms with van der Waals surface area (Å²) >= 11 is 0. The van der Waals surface area contributed by atoms with E-state index in [1.165, 1.54) is 0 Å². The zero-order valence-electron chi connectivity index (χ0n) is 9.61. The van der Waals surface area contributed by atoms with E-state index >= 15 is 0 Å². The van der Waals surface area contributed by atoms with Gasteiger partial charge in [-0.05, 0) is 45.2 Å². The number of hydrogen-bond donors (Lipinski definition) is 2. The van der Waals surface area contributed by atoms with Gasteiger partial charge in [-0.2, -0.15) is 13.2 Å². The lowest BCUT2D eigenvalue weighted by molar-refractivity contribution is -0.258. The van der Waals surface area contributed by atoms with Gasteiger partial charge in [-0.15, -0.1) is 0 Å². The maximum Gasteiger partial charge on any atom is 0.417 e. The number of nitrogens with one attached hydrogen (secondary N) is 1. The molecule has 1 aliphatic carbocycles. The zero-order chi connectivity index (χ0) is 12.2. The summed E-state index contributed by atoms with van der Waals surface area (Å²) in [6.45, 7) is 0.899. The van der Waals surface area contributed by atoms with Crippen LogP contribution in [0.3, 0.4) is 0 Å². The van der Waals surface area contributed by atoms with Gasteiger partial charge in [0.05, 0.1) is 0 Å². The third kappa shape index (κ3) is 3.35. The van der Waals surface area contributed by atoms with E-state index < -0.39 is 11.8 Å². The van der Waals surface area contributed by atoms with Crippen LogP contribution in [0.2, 0.25) is 0 Å². The molecule has 2 unspecified atom stereocenters. The molecule has 1 rings (SSSR count). The predicted molar refractivity (Wildman–Crippen MR) is 56.1 cm³/mol. The van der Waals surface area contributed by atoms with Crippen molar-refractivity contribution in [1.82, 2.24) is 5.32 Å². The molecule has 0 radical (unpaired) electrons. The van der Waals surface area contributed by atoms with Gasteiger partial charge in [0.2, 0.25) is 0 Å². The third-order valence-corrected chi connectivity index (χ3v) is 3.41. The van der Waals surface area contributed by atoms with Crippen molar-refractivity contribution in [2.24, 2.45) is 5.92 Å². The van der Waals surface area contributed by atoms with Gasteiger partial charge in [0.15, 0.2) is 5.60 Å². The summed E-state index contributed by atoms with van der Waals surface area (Å²) in [5, 5.41) is 12.5. The Kier molecular flexibility index (Phi) is 4.62. The average molecular weight is 239 g/mol. The second kappa shape index (κ2) is 5.36. The first-order chi connectivity index (χ1) is 7.39. The number of halogens is 3. The maximum absolute atomic E-state index is 12.5. The van der Waals surface area contributed by atoms with E-state index in [1.807, 2.05) is 7.05 Å². The Bertz CT molecular complexity index is 220. The van der Waals surface area contributed by atoms with Crippen molar-refractivity contribution in [2.75, 3.05) is 13.6 Å². The van der Waals surface area contributed by atoms with Crippen LogP contribution in [0, 0.1) is 5.92 Å². The molecule has 0 amide bonds. The van der Waals surface area contributed by atoms with Crippen LogP contribution in [0.1, 0.15) is 38.5 Å². The van der Waals surface area contributed by atoms with Crippen LogP contribution in [0.25, 0.3) is 0 Å². The van der Waals surface area contributed by atoms with E-state index in [2.05, 4.69) is 5.32 Å². The molecular formula is C11H20F3NO. The molecule has 96 valence electrons. The topological polar surface area (TPSA) is 32.3 Å². The van der Waals surface area contributed by atoms with Crippen molar-refractivity contribution in [3.05, 3.63) is 0 Å². The molecule has 1 saturated carbocycles. The summed E-state index contributed by atoms with van der Waals surface area (Å²) in [7, 11) is 1.86. The quantitative estimate of drug-likeness (QED) is 0.722. The molecule has 0 aliphatic heterocycles. The Hall–Kier alpha value is -0.290. The highest BCUT2D eigenvalue weighted by Crippen LogP contribution is 2.46. The normalized spacial score (nSPS) is 30.9. The Morgan fingerprint density at radius 3 is 2.56 bits per heavy atom. The fraction of sp³-hybridized carbons (Fsp3) is 1.00. The van der Waals surface area contributed by atoms with Crippen LogP contribution in [-0.2, 0) is 0 Å². The Morgan fingerprint density at radius 2 is 2.06 bits per heavy atom. The van der Waals surface area contributed by atoms with E-state index in [0.717, 1.165) is 25.8 Å². The van der Waals surface area contributed by atoms with Gasteiger partial charge in [0, 0.05) is 0 Å². The zero-order valence-corrected chi connectivity index (χ0v) is 9.61. The standard InChI is InChI=1S/C11H20F3NO/c1-15-7-3-2-4-9-5-6-10(16,8-9)11(12,13)14/h9,15-16H,2-8H2,1H3. The van der Waals surface area contributed by atoms with Crippen LogP contribution in [0.15, 0.2) is 0 Å². The van der Waals surface area contributed by atoms with Crippen LogP contribution >= 0.6 is 0 Å². The molecule has 16 heavy (non-hydrogen) atoms. The molecular weight excluding hydrogens is 219 g/mol. The summed E-state index contributed by atoms with van der Waals surface area (Å²) in [6.07, 6.45) is -1.51. The van der Waals surface area contributed by atoms with Gasteiger partial charge in [-0.3, -0.25) is 0 Å². The summed E-state index contributed by atoms with van der Waals surface area (Å²) in [6, 6.07) is 0. The van der Waals surface area contributed by atoms with Crippen molar-refractivity contribution in [1.29, 1.82) is 0 Å². The van der Waals surface area contributed by atoms with Crippen LogP contribution < -0.4 is 5.32 Å². The number of alkyl halides is 3. The third-order valence-electron chi connectivity index (χ3n) is 3.41. The molecule has 2 nitrogen and oxygen atoms in total. The van der Waals surface area contributed by atoms with E-state index in [4.69, 9.17) is 0 Å². The molecule has 0 bridgehead atoms. The lowest BCUT2D eigenvalue weighted by Crippen LogP contribution is -2.42. The van der Waals surface area contributed by atoms with Gasteiger partial charge in [-0.1, -0.05) is 12.8 Å². The molecule has 2 atom stereocenters. The van der Waals surface area contributed by atoms with E-state index in [-0.39, 0.29) is 18.8 Å². The second-order valence-corrected chi connectivity index (χ2v) is 4.74. The molecule has 0 saturated heterocycles.